The Hall–Kier alpha value is -1.68. The zero-order chi connectivity index (χ0) is 13.8. The molecule has 0 bridgehead atoms. The maximum Gasteiger partial charge on any atom is 0.244 e. The van der Waals surface area contributed by atoms with Gasteiger partial charge in [0.15, 0.2) is 0 Å². The number of aromatic nitrogens is 2. The number of nitrogens with two attached hydrogens (primary N) is 1. The molecule has 1 aromatic heterocycles. The van der Waals surface area contributed by atoms with Crippen LogP contribution in [0.1, 0.15) is 44.7 Å². The highest BCUT2D eigenvalue weighted by molar-refractivity contribution is 5.54. The average Bonchev–Trinajstić information content (AvgIpc) is 2.95. The van der Waals surface area contributed by atoms with Crippen molar-refractivity contribution < 1.29 is 4.52 Å². The largest absolute Gasteiger partial charge is 0.337 e. The predicted molar refractivity (Wildman–Crippen MR) is 75.5 cm³/mol. The normalized spacial score (nSPS) is 14.3. The first-order valence-electron chi connectivity index (χ1n) is 6.84. The second-order valence-corrected chi connectivity index (χ2v) is 4.92. The smallest absolute Gasteiger partial charge is 0.244 e. The Balaban J connectivity index is 2.20. The Morgan fingerprint density at radius 2 is 1.89 bits per heavy atom. The topological polar surface area (TPSA) is 64.9 Å². The van der Waals surface area contributed by atoms with Gasteiger partial charge in [0, 0.05) is 5.56 Å². The van der Waals surface area contributed by atoms with Crippen molar-refractivity contribution in [2.24, 2.45) is 11.7 Å². The Kier molecular flexibility index (Phi) is 4.32. The van der Waals surface area contributed by atoms with E-state index < -0.39 is 0 Å². The molecule has 0 aliphatic rings. The van der Waals surface area contributed by atoms with Gasteiger partial charge in [0.25, 0.3) is 0 Å². The standard InChI is InChI=1S/C15H21N3O/c1-4-10(3)13(16)15-17-14(18-19-15)12-8-6-11(5-2)7-9-12/h6-10,13H,4-5,16H2,1-3H3/t10?,13-/m0/s1. The molecule has 0 aliphatic carbocycles. The van der Waals surface area contributed by atoms with Gasteiger partial charge in [-0.05, 0) is 17.9 Å². The van der Waals surface area contributed by atoms with Crippen molar-refractivity contribution in [3.63, 3.8) is 0 Å². The van der Waals surface area contributed by atoms with Crippen molar-refractivity contribution in [1.29, 1.82) is 0 Å². The summed E-state index contributed by atoms with van der Waals surface area (Å²) in [6, 6.07) is 8.01. The molecule has 0 saturated carbocycles. The fourth-order valence-electron chi connectivity index (χ4n) is 1.87. The van der Waals surface area contributed by atoms with Crippen LogP contribution in [0.3, 0.4) is 0 Å². The van der Waals surface area contributed by atoms with Crippen molar-refractivity contribution in [3.8, 4) is 11.4 Å². The van der Waals surface area contributed by atoms with Crippen molar-refractivity contribution in [3.05, 3.63) is 35.7 Å². The minimum Gasteiger partial charge on any atom is -0.337 e. The molecule has 0 fully saturated rings. The van der Waals surface area contributed by atoms with Crippen molar-refractivity contribution in [1.82, 2.24) is 10.1 Å². The summed E-state index contributed by atoms with van der Waals surface area (Å²) in [5.41, 5.74) is 8.35. The summed E-state index contributed by atoms with van der Waals surface area (Å²) in [6.45, 7) is 6.32. The number of nitrogens with zero attached hydrogens (tertiary/aromatic N) is 2. The molecule has 1 heterocycles. The Morgan fingerprint density at radius 1 is 1.21 bits per heavy atom. The van der Waals surface area contributed by atoms with Crippen LogP contribution in [0.5, 0.6) is 0 Å². The van der Waals surface area contributed by atoms with E-state index in [1.807, 2.05) is 12.1 Å². The molecule has 19 heavy (non-hydrogen) atoms. The lowest BCUT2D eigenvalue weighted by Gasteiger charge is -2.12. The lowest BCUT2D eigenvalue weighted by Crippen LogP contribution is -2.18. The van der Waals surface area contributed by atoms with Gasteiger partial charge in [-0.2, -0.15) is 4.98 Å². The second-order valence-electron chi connectivity index (χ2n) is 4.92. The lowest BCUT2D eigenvalue weighted by atomic mass is 10.0. The van der Waals surface area contributed by atoms with E-state index in [0.29, 0.717) is 17.6 Å². The summed E-state index contributed by atoms with van der Waals surface area (Å²) >= 11 is 0. The highest BCUT2D eigenvalue weighted by Crippen LogP contribution is 2.23. The van der Waals surface area contributed by atoms with Gasteiger partial charge in [-0.25, -0.2) is 0 Å². The first kappa shape index (κ1) is 13.7. The van der Waals surface area contributed by atoms with Gasteiger partial charge in [-0.1, -0.05) is 56.6 Å². The van der Waals surface area contributed by atoms with Gasteiger partial charge < -0.3 is 10.3 Å². The van der Waals surface area contributed by atoms with E-state index in [4.69, 9.17) is 10.3 Å². The first-order valence-corrected chi connectivity index (χ1v) is 6.84. The minimum atomic E-state index is -0.193. The quantitative estimate of drug-likeness (QED) is 0.894. The number of hydrogen-bond acceptors (Lipinski definition) is 4. The molecular weight excluding hydrogens is 238 g/mol. The van der Waals surface area contributed by atoms with Crippen LogP contribution in [-0.2, 0) is 6.42 Å². The molecule has 0 spiro atoms. The fourth-order valence-corrected chi connectivity index (χ4v) is 1.87. The van der Waals surface area contributed by atoms with Gasteiger partial charge in [0.05, 0.1) is 6.04 Å². The van der Waals surface area contributed by atoms with Gasteiger partial charge in [0.2, 0.25) is 11.7 Å². The van der Waals surface area contributed by atoms with Crippen molar-refractivity contribution >= 4 is 0 Å². The highest BCUT2D eigenvalue weighted by Gasteiger charge is 2.20. The molecule has 0 radical (unpaired) electrons. The summed E-state index contributed by atoms with van der Waals surface area (Å²) in [4.78, 5) is 4.40. The highest BCUT2D eigenvalue weighted by atomic mass is 16.5. The zero-order valence-electron chi connectivity index (χ0n) is 11.8. The summed E-state index contributed by atoms with van der Waals surface area (Å²) < 4.78 is 5.27. The number of hydrogen-bond donors (Lipinski definition) is 1. The molecule has 4 heteroatoms. The molecule has 2 rings (SSSR count). The molecular formula is C15H21N3O. The minimum absolute atomic E-state index is 0.193. The summed E-state index contributed by atoms with van der Waals surface area (Å²) in [6.07, 6.45) is 2.01. The van der Waals surface area contributed by atoms with Crippen molar-refractivity contribution in [2.45, 2.75) is 39.7 Å². The summed E-state index contributed by atoms with van der Waals surface area (Å²) in [7, 11) is 0. The Bertz CT molecular complexity index is 518. The third-order valence-electron chi connectivity index (χ3n) is 3.60. The molecule has 2 atom stereocenters. The summed E-state index contributed by atoms with van der Waals surface area (Å²) in [5, 5.41) is 4.01. The molecule has 0 amide bonds. The average molecular weight is 259 g/mol. The van der Waals surface area contributed by atoms with E-state index in [1.54, 1.807) is 0 Å². The van der Waals surface area contributed by atoms with Crippen molar-refractivity contribution in [2.75, 3.05) is 0 Å². The summed E-state index contributed by atoms with van der Waals surface area (Å²) in [5.74, 6) is 1.45. The Morgan fingerprint density at radius 3 is 2.47 bits per heavy atom. The number of aryl methyl sites for hydroxylation is 1. The van der Waals surface area contributed by atoms with Crippen LogP contribution in [-0.4, -0.2) is 10.1 Å². The van der Waals surface area contributed by atoms with Crippen LogP contribution < -0.4 is 5.73 Å². The van der Waals surface area contributed by atoms with E-state index in [-0.39, 0.29) is 6.04 Å². The van der Waals surface area contributed by atoms with Crippen LogP contribution in [0.15, 0.2) is 28.8 Å². The number of benzene rings is 1. The molecule has 102 valence electrons. The van der Waals surface area contributed by atoms with Gasteiger partial charge >= 0.3 is 0 Å². The first-order chi connectivity index (χ1) is 9.15. The lowest BCUT2D eigenvalue weighted by molar-refractivity contribution is 0.312. The molecule has 2 aromatic rings. The maximum absolute atomic E-state index is 6.09. The van der Waals surface area contributed by atoms with Crippen LogP contribution in [0.4, 0.5) is 0 Å². The SMILES string of the molecule is CCc1ccc(-c2noc([C@@H](N)C(C)CC)n2)cc1. The van der Waals surface area contributed by atoms with Crippen LogP contribution in [0, 0.1) is 5.92 Å². The predicted octanol–water partition coefficient (Wildman–Crippen LogP) is 3.34. The van der Waals surface area contributed by atoms with Gasteiger partial charge in [-0.3, -0.25) is 0 Å². The molecule has 1 unspecified atom stereocenters. The number of rotatable bonds is 5. The second kappa shape index (κ2) is 5.97. The van der Waals surface area contributed by atoms with E-state index in [2.05, 4.69) is 43.0 Å². The van der Waals surface area contributed by atoms with Crippen LogP contribution >= 0.6 is 0 Å². The van der Waals surface area contributed by atoms with E-state index in [1.165, 1.54) is 5.56 Å². The molecule has 4 nitrogen and oxygen atoms in total. The van der Waals surface area contributed by atoms with Gasteiger partial charge in [-0.15, -0.1) is 0 Å². The fraction of sp³-hybridized carbons (Fsp3) is 0.467. The van der Waals surface area contributed by atoms with E-state index >= 15 is 0 Å². The molecule has 0 aliphatic heterocycles. The Labute approximate surface area is 114 Å². The third kappa shape index (κ3) is 3.01. The zero-order valence-corrected chi connectivity index (χ0v) is 11.8. The maximum atomic E-state index is 6.09. The van der Waals surface area contributed by atoms with Crippen LogP contribution in [0.25, 0.3) is 11.4 Å². The van der Waals surface area contributed by atoms with Crippen LogP contribution in [0.2, 0.25) is 0 Å². The molecule has 2 N–H and O–H groups in total. The third-order valence-corrected chi connectivity index (χ3v) is 3.60. The van der Waals surface area contributed by atoms with Gasteiger partial charge in [0.1, 0.15) is 0 Å². The van der Waals surface area contributed by atoms with E-state index in [9.17, 15) is 0 Å². The van der Waals surface area contributed by atoms with E-state index in [0.717, 1.165) is 18.4 Å². The monoisotopic (exact) mass is 259 g/mol. The molecule has 0 saturated heterocycles. The molecule has 1 aromatic carbocycles.